The Morgan fingerprint density at radius 2 is 1.78 bits per heavy atom. The summed E-state index contributed by atoms with van der Waals surface area (Å²) in [6.45, 7) is 0.797. The molecule has 0 atom stereocenters. The van der Waals surface area contributed by atoms with Gasteiger partial charge in [-0.05, 0) is 18.4 Å². The number of nitrogens with zero attached hydrogens (tertiary/aromatic N) is 1. The van der Waals surface area contributed by atoms with E-state index in [4.69, 9.17) is 5.26 Å². The van der Waals surface area contributed by atoms with Gasteiger partial charge in [0.05, 0.1) is 6.07 Å². The van der Waals surface area contributed by atoms with E-state index in [9.17, 15) is 0 Å². The molecule has 0 spiro atoms. The third-order valence-corrected chi connectivity index (χ3v) is 3.73. The molecule has 1 aliphatic carbocycles. The van der Waals surface area contributed by atoms with Crippen LogP contribution in [-0.4, -0.2) is 6.54 Å². The molecule has 0 saturated heterocycles. The molecule has 1 saturated carbocycles. The van der Waals surface area contributed by atoms with Crippen molar-refractivity contribution >= 4 is 12.4 Å². The van der Waals surface area contributed by atoms with E-state index in [1.54, 1.807) is 0 Å². The molecule has 98 valence electrons. The lowest BCUT2D eigenvalue weighted by atomic mass is 9.76. The molecule has 2 rings (SSSR count). The van der Waals surface area contributed by atoms with Crippen LogP contribution in [0.2, 0.25) is 0 Å². The van der Waals surface area contributed by atoms with Crippen LogP contribution in [0.1, 0.15) is 44.1 Å². The maximum Gasteiger partial charge on any atom is 0.0635 e. The third kappa shape index (κ3) is 3.48. The summed E-state index contributed by atoms with van der Waals surface area (Å²) in [5, 5.41) is 12.3. The van der Waals surface area contributed by atoms with Crippen molar-refractivity contribution in [1.82, 2.24) is 5.32 Å². The molecule has 0 unspecified atom stereocenters. The van der Waals surface area contributed by atoms with E-state index in [0.29, 0.717) is 6.42 Å². The molecule has 2 nitrogen and oxygen atoms in total. The third-order valence-electron chi connectivity index (χ3n) is 3.73. The van der Waals surface area contributed by atoms with E-state index in [0.717, 1.165) is 6.54 Å². The Hall–Kier alpha value is -1.04. The molecular formula is C15H21ClN2. The van der Waals surface area contributed by atoms with Crippen molar-refractivity contribution in [2.75, 3.05) is 6.54 Å². The zero-order chi connectivity index (χ0) is 12.0. The van der Waals surface area contributed by atoms with E-state index in [2.05, 4.69) is 41.7 Å². The Morgan fingerprint density at radius 1 is 1.11 bits per heavy atom. The quantitative estimate of drug-likeness (QED) is 0.841. The first-order valence-electron chi connectivity index (χ1n) is 6.55. The molecule has 1 aliphatic rings. The fourth-order valence-electron chi connectivity index (χ4n) is 2.84. The Labute approximate surface area is 116 Å². The molecule has 0 aliphatic heterocycles. The molecule has 3 heteroatoms. The van der Waals surface area contributed by atoms with Gasteiger partial charge < -0.3 is 5.32 Å². The molecule has 0 aromatic heterocycles. The number of halogens is 1. The summed E-state index contributed by atoms with van der Waals surface area (Å²) in [5.41, 5.74) is 1.51. The summed E-state index contributed by atoms with van der Waals surface area (Å²) >= 11 is 0. The van der Waals surface area contributed by atoms with Crippen LogP contribution in [0, 0.1) is 11.3 Å². The monoisotopic (exact) mass is 264 g/mol. The van der Waals surface area contributed by atoms with Gasteiger partial charge in [0.15, 0.2) is 0 Å². The first kappa shape index (κ1) is 15.0. The fourth-order valence-corrected chi connectivity index (χ4v) is 2.84. The molecule has 0 amide bonds. The standard InChI is InChI=1S/C15H20N2.ClH/c16-12-7-13-17-15(10-5-2-6-11-15)14-8-3-1-4-9-14;/h1,3-4,8-9,17H,2,5-7,10-11,13H2;1H. The topological polar surface area (TPSA) is 35.8 Å². The highest BCUT2D eigenvalue weighted by molar-refractivity contribution is 5.85. The number of rotatable bonds is 4. The van der Waals surface area contributed by atoms with Gasteiger partial charge in [-0.1, -0.05) is 49.6 Å². The summed E-state index contributed by atoms with van der Waals surface area (Å²) in [6.07, 6.45) is 6.90. The van der Waals surface area contributed by atoms with Crippen molar-refractivity contribution in [3.05, 3.63) is 35.9 Å². The second kappa shape index (κ2) is 7.41. The van der Waals surface area contributed by atoms with Crippen LogP contribution in [0.4, 0.5) is 0 Å². The predicted molar refractivity (Wildman–Crippen MR) is 76.7 cm³/mol. The summed E-state index contributed by atoms with van der Waals surface area (Å²) < 4.78 is 0. The fraction of sp³-hybridized carbons (Fsp3) is 0.533. The number of hydrogen-bond acceptors (Lipinski definition) is 2. The van der Waals surface area contributed by atoms with Crippen molar-refractivity contribution in [3.8, 4) is 6.07 Å². The van der Waals surface area contributed by atoms with Crippen molar-refractivity contribution in [2.45, 2.75) is 44.1 Å². The van der Waals surface area contributed by atoms with Gasteiger partial charge in [-0.15, -0.1) is 12.4 Å². The molecule has 0 radical (unpaired) electrons. The van der Waals surface area contributed by atoms with Crippen LogP contribution in [0.25, 0.3) is 0 Å². The van der Waals surface area contributed by atoms with Gasteiger partial charge in [0.1, 0.15) is 0 Å². The number of nitrogens with one attached hydrogen (secondary N) is 1. The lowest BCUT2D eigenvalue weighted by molar-refractivity contribution is 0.236. The van der Waals surface area contributed by atoms with Gasteiger partial charge in [0.2, 0.25) is 0 Å². The number of nitriles is 1. The first-order chi connectivity index (χ1) is 8.37. The van der Waals surface area contributed by atoms with Gasteiger partial charge >= 0.3 is 0 Å². The van der Waals surface area contributed by atoms with Crippen molar-refractivity contribution < 1.29 is 0 Å². The zero-order valence-electron chi connectivity index (χ0n) is 10.7. The van der Waals surface area contributed by atoms with Crippen molar-refractivity contribution in [2.24, 2.45) is 0 Å². The normalized spacial score (nSPS) is 17.5. The van der Waals surface area contributed by atoms with E-state index < -0.39 is 0 Å². The SMILES string of the molecule is Cl.N#CCCNC1(c2ccccc2)CCCCC1. The highest BCUT2D eigenvalue weighted by Crippen LogP contribution is 2.36. The van der Waals surface area contributed by atoms with Crippen LogP contribution < -0.4 is 5.32 Å². The minimum absolute atomic E-state index is 0. The number of hydrogen-bond donors (Lipinski definition) is 1. The molecular weight excluding hydrogens is 244 g/mol. The highest BCUT2D eigenvalue weighted by Gasteiger charge is 2.32. The Bertz CT molecular complexity index is 377. The Balaban J connectivity index is 0.00000162. The van der Waals surface area contributed by atoms with E-state index in [1.165, 1.54) is 37.7 Å². The second-order valence-electron chi connectivity index (χ2n) is 4.84. The van der Waals surface area contributed by atoms with Crippen LogP contribution in [0.5, 0.6) is 0 Å². The van der Waals surface area contributed by atoms with Crippen molar-refractivity contribution in [1.29, 1.82) is 5.26 Å². The van der Waals surface area contributed by atoms with Gasteiger partial charge in [0, 0.05) is 18.5 Å². The lowest BCUT2D eigenvalue weighted by Gasteiger charge is -2.39. The maximum absolute atomic E-state index is 8.66. The Kier molecular flexibility index (Phi) is 6.18. The van der Waals surface area contributed by atoms with E-state index in [1.807, 2.05) is 0 Å². The molecule has 18 heavy (non-hydrogen) atoms. The first-order valence-corrected chi connectivity index (χ1v) is 6.55. The van der Waals surface area contributed by atoms with Crippen LogP contribution in [-0.2, 0) is 5.54 Å². The molecule has 1 fully saturated rings. The Morgan fingerprint density at radius 3 is 2.39 bits per heavy atom. The summed E-state index contributed by atoms with van der Waals surface area (Å²) in [4.78, 5) is 0. The zero-order valence-corrected chi connectivity index (χ0v) is 11.5. The minimum atomic E-state index is 0. The maximum atomic E-state index is 8.66. The summed E-state index contributed by atoms with van der Waals surface area (Å²) in [7, 11) is 0. The van der Waals surface area contributed by atoms with Gasteiger partial charge in [0.25, 0.3) is 0 Å². The molecule has 1 aromatic rings. The highest BCUT2D eigenvalue weighted by atomic mass is 35.5. The summed E-state index contributed by atoms with van der Waals surface area (Å²) in [6, 6.07) is 12.9. The van der Waals surface area contributed by atoms with Crippen LogP contribution >= 0.6 is 12.4 Å². The van der Waals surface area contributed by atoms with Gasteiger partial charge in [-0.3, -0.25) is 0 Å². The van der Waals surface area contributed by atoms with Gasteiger partial charge in [-0.25, -0.2) is 0 Å². The average molecular weight is 265 g/mol. The van der Waals surface area contributed by atoms with Gasteiger partial charge in [-0.2, -0.15) is 5.26 Å². The lowest BCUT2D eigenvalue weighted by Crippen LogP contribution is -2.44. The average Bonchev–Trinajstić information content (AvgIpc) is 2.41. The minimum Gasteiger partial charge on any atom is -0.306 e. The molecule has 1 aromatic carbocycles. The summed E-state index contributed by atoms with van der Waals surface area (Å²) in [5.74, 6) is 0. The largest absolute Gasteiger partial charge is 0.306 e. The smallest absolute Gasteiger partial charge is 0.0635 e. The van der Waals surface area contributed by atoms with Crippen molar-refractivity contribution in [3.63, 3.8) is 0 Å². The molecule has 0 bridgehead atoms. The second-order valence-corrected chi connectivity index (χ2v) is 4.84. The van der Waals surface area contributed by atoms with E-state index in [-0.39, 0.29) is 17.9 Å². The molecule has 1 N–H and O–H groups in total. The van der Waals surface area contributed by atoms with Crippen LogP contribution in [0.15, 0.2) is 30.3 Å². The predicted octanol–water partition coefficient (Wildman–Crippen LogP) is 3.77. The number of benzene rings is 1. The van der Waals surface area contributed by atoms with E-state index >= 15 is 0 Å². The van der Waals surface area contributed by atoms with Crippen LogP contribution in [0.3, 0.4) is 0 Å². The molecule has 0 heterocycles.